The third kappa shape index (κ3) is 2.23. The van der Waals surface area contributed by atoms with Gasteiger partial charge in [0.25, 0.3) is 0 Å². The maximum Gasteiger partial charge on any atom is 0.159 e. The van der Waals surface area contributed by atoms with Crippen LogP contribution < -0.4 is 0 Å². The van der Waals surface area contributed by atoms with Gasteiger partial charge in [0.15, 0.2) is 5.82 Å². The van der Waals surface area contributed by atoms with Crippen LogP contribution in [0.3, 0.4) is 0 Å². The molecular formula is C15H14N4O. The second-order valence-corrected chi connectivity index (χ2v) is 4.67. The summed E-state index contributed by atoms with van der Waals surface area (Å²) in [6.07, 6.45) is 4.43. The Hall–Kier alpha value is -2.40. The Balaban J connectivity index is 2.08. The van der Waals surface area contributed by atoms with Crippen molar-refractivity contribution in [3.05, 3.63) is 48.0 Å². The highest BCUT2D eigenvalue weighted by Crippen LogP contribution is 2.22. The Morgan fingerprint density at radius 2 is 1.80 bits per heavy atom. The van der Waals surface area contributed by atoms with E-state index in [1.807, 2.05) is 25.1 Å². The van der Waals surface area contributed by atoms with Crippen LogP contribution in [0.2, 0.25) is 0 Å². The molecule has 3 aromatic rings. The van der Waals surface area contributed by atoms with Gasteiger partial charge in [-0.2, -0.15) is 0 Å². The van der Waals surface area contributed by atoms with Gasteiger partial charge in [0, 0.05) is 35.4 Å². The normalized spacial score (nSPS) is 12.6. The molecule has 2 heterocycles. The van der Waals surface area contributed by atoms with Crippen molar-refractivity contribution in [2.45, 2.75) is 20.0 Å². The number of aliphatic hydroxyl groups is 1. The molecule has 0 spiro atoms. The van der Waals surface area contributed by atoms with E-state index in [2.05, 4.69) is 19.9 Å². The number of hydrogen-bond donors (Lipinski definition) is 1. The first-order valence-electron chi connectivity index (χ1n) is 6.38. The highest BCUT2D eigenvalue weighted by Gasteiger charge is 2.10. The topological polar surface area (TPSA) is 71.8 Å². The summed E-state index contributed by atoms with van der Waals surface area (Å²) in [7, 11) is 0. The third-order valence-corrected chi connectivity index (χ3v) is 3.19. The van der Waals surface area contributed by atoms with Gasteiger partial charge in [0.05, 0.1) is 17.1 Å². The Labute approximate surface area is 116 Å². The molecule has 5 heteroatoms. The van der Waals surface area contributed by atoms with E-state index in [1.54, 1.807) is 25.5 Å². The fraction of sp³-hybridized carbons (Fsp3) is 0.200. The molecule has 1 aromatic carbocycles. The number of aromatic nitrogens is 4. The van der Waals surface area contributed by atoms with Crippen molar-refractivity contribution in [1.82, 2.24) is 19.9 Å². The zero-order chi connectivity index (χ0) is 14.1. The lowest BCUT2D eigenvalue weighted by atomic mass is 10.1. The largest absolute Gasteiger partial charge is 0.389 e. The summed E-state index contributed by atoms with van der Waals surface area (Å²) in [5.74, 6) is 0.624. The predicted octanol–water partition coefficient (Wildman–Crippen LogP) is 2.45. The van der Waals surface area contributed by atoms with Crippen LogP contribution >= 0.6 is 0 Å². The average molecular weight is 266 g/mol. The van der Waals surface area contributed by atoms with Gasteiger partial charge in [-0.3, -0.25) is 9.97 Å². The zero-order valence-electron chi connectivity index (χ0n) is 11.3. The molecule has 1 atom stereocenters. The van der Waals surface area contributed by atoms with Crippen LogP contribution in [-0.2, 0) is 0 Å². The van der Waals surface area contributed by atoms with Crippen LogP contribution in [0.5, 0.6) is 0 Å². The van der Waals surface area contributed by atoms with Crippen molar-refractivity contribution < 1.29 is 5.11 Å². The second kappa shape index (κ2) is 4.94. The summed E-state index contributed by atoms with van der Waals surface area (Å²) in [4.78, 5) is 17.3. The molecule has 0 fully saturated rings. The fourth-order valence-corrected chi connectivity index (χ4v) is 2.13. The lowest BCUT2D eigenvalue weighted by molar-refractivity contribution is 0.197. The molecule has 5 nitrogen and oxygen atoms in total. The third-order valence-electron chi connectivity index (χ3n) is 3.19. The standard InChI is InChI=1S/C15H14N4O/c1-9-12(10(2)20)8-18-15(19-9)11-3-4-13-14(7-11)17-6-5-16-13/h3-8,10,20H,1-2H3/t10-/m0/s1. The smallest absolute Gasteiger partial charge is 0.159 e. The minimum Gasteiger partial charge on any atom is -0.389 e. The van der Waals surface area contributed by atoms with Crippen molar-refractivity contribution in [3.63, 3.8) is 0 Å². The summed E-state index contributed by atoms with van der Waals surface area (Å²) in [6, 6.07) is 5.74. The molecule has 100 valence electrons. The number of hydrogen-bond acceptors (Lipinski definition) is 5. The van der Waals surface area contributed by atoms with Crippen molar-refractivity contribution in [2.24, 2.45) is 0 Å². The summed E-state index contributed by atoms with van der Waals surface area (Å²) in [5.41, 5.74) is 4.07. The maximum absolute atomic E-state index is 9.61. The molecule has 0 amide bonds. The van der Waals surface area contributed by atoms with E-state index in [0.717, 1.165) is 27.9 Å². The van der Waals surface area contributed by atoms with E-state index in [9.17, 15) is 5.11 Å². The van der Waals surface area contributed by atoms with Gasteiger partial charge < -0.3 is 5.11 Å². The van der Waals surface area contributed by atoms with Gasteiger partial charge >= 0.3 is 0 Å². The average Bonchev–Trinajstić information content (AvgIpc) is 2.46. The fourth-order valence-electron chi connectivity index (χ4n) is 2.13. The predicted molar refractivity (Wildman–Crippen MR) is 75.9 cm³/mol. The molecule has 0 saturated heterocycles. The summed E-state index contributed by atoms with van der Waals surface area (Å²) in [6.45, 7) is 3.57. The number of rotatable bonds is 2. The minimum absolute atomic E-state index is 0.563. The van der Waals surface area contributed by atoms with Crippen molar-refractivity contribution in [2.75, 3.05) is 0 Å². The molecule has 2 aromatic heterocycles. The molecule has 0 aliphatic rings. The Bertz CT molecular complexity index is 771. The van der Waals surface area contributed by atoms with Crippen molar-refractivity contribution in [3.8, 4) is 11.4 Å². The van der Waals surface area contributed by atoms with E-state index >= 15 is 0 Å². The van der Waals surface area contributed by atoms with Crippen LogP contribution in [0.25, 0.3) is 22.4 Å². The molecule has 3 rings (SSSR count). The lowest BCUT2D eigenvalue weighted by Crippen LogP contribution is -2.01. The summed E-state index contributed by atoms with van der Waals surface area (Å²) in [5, 5.41) is 9.61. The lowest BCUT2D eigenvalue weighted by Gasteiger charge is -2.09. The number of aliphatic hydroxyl groups excluding tert-OH is 1. The highest BCUT2D eigenvalue weighted by molar-refractivity contribution is 5.79. The molecule has 0 unspecified atom stereocenters. The van der Waals surface area contributed by atoms with E-state index in [-0.39, 0.29) is 0 Å². The van der Waals surface area contributed by atoms with Crippen LogP contribution in [0.15, 0.2) is 36.8 Å². The van der Waals surface area contributed by atoms with Crippen LogP contribution in [0.1, 0.15) is 24.3 Å². The number of nitrogens with zero attached hydrogens (tertiary/aromatic N) is 4. The molecule has 1 N–H and O–H groups in total. The van der Waals surface area contributed by atoms with Gasteiger partial charge in [-0.1, -0.05) is 0 Å². The first-order valence-corrected chi connectivity index (χ1v) is 6.38. The second-order valence-electron chi connectivity index (χ2n) is 4.67. The van der Waals surface area contributed by atoms with E-state index in [0.29, 0.717) is 5.82 Å². The minimum atomic E-state index is -0.563. The quantitative estimate of drug-likeness (QED) is 0.771. The molecular weight excluding hydrogens is 252 g/mol. The maximum atomic E-state index is 9.61. The van der Waals surface area contributed by atoms with Gasteiger partial charge in [-0.25, -0.2) is 9.97 Å². The molecule has 0 radical (unpaired) electrons. The van der Waals surface area contributed by atoms with Crippen LogP contribution in [-0.4, -0.2) is 25.0 Å². The Morgan fingerprint density at radius 1 is 1.05 bits per heavy atom. The monoisotopic (exact) mass is 266 g/mol. The van der Waals surface area contributed by atoms with Gasteiger partial charge in [0.1, 0.15) is 0 Å². The van der Waals surface area contributed by atoms with E-state index < -0.39 is 6.10 Å². The number of benzene rings is 1. The molecule has 20 heavy (non-hydrogen) atoms. The molecule has 0 aliphatic heterocycles. The SMILES string of the molecule is Cc1nc(-c2ccc3nccnc3c2)ncc1[C@H](C)O. The number of fused-ring (bicyclic) bond motifs is 1. The highest BCUT2D eigenvalue weighted by atomic mass is 16.3. The zero-order valence-corrected chi connectivity index (χ0v) is 11.3. The molecule has 0 aliphatic carbocycles. The first kappa shape index (κ1) is 12.6. The summed E-state index contributed by atoms with van der Waals surface area (Å²) < 4.78 is 0. The van der Waals surface area contributed by atoms with Crippen molar-refractivity contribution in [1.29, 1.82) is 0 Å². The van der Waals surface area contributed by atoms with Crippen LogP contribution in [0, 0.1) is 6.92 Å². The van der Waals surface area contributed by atoms with Gasteiger partial charge in [-0.15, -0.1) is 0 Å². The van der Waals surface area contributed by atoms with Crippen molar-refractivity contribution >= 4 is 11.0 Å². The Kier molecular flexibility index (Phi) is 3.12. The van der Waals surface area contributed by atoms with Gasteiger partial charge in [-0.05, 0) is 32.0 Å². The number of aryl methyl sites for hydroxylation is 1. The van der Waals surface area contributed by atoms with Crippen LogP contribution in [0.4, 0.5) is 0 Å². The molecule has 0 bridgehead atoms. The van der Waals surface area contributed by atoms with E-state index in [1.165, 1.54) is 0 Å². The molecule has 0 saturated carbocycles. The Morgan fingerprint density at radius 3 is 2.50 bits per heavy atom. The first-order chi connectivity index (χ1) is 9.65. The van der Waals surface area contributed by atoms with Gasteiger partial charge in [0.2, 0.25) is 0 Å². The summed E-state index contributed by atoms with van der Waals surface area (Å²) >= 11 is 0. The van der Waals surface area contributed by atoms with E-state index in [4.69, 9.17) is 0 Å².